The highest BCUT2D eigenvalue weighted by molar-refractivity contribution is 9.10. The summed E-state index contributed by atoms with van der Waals surface area (Å²) in [5.74, 6) is -0.339. The summed E-state index contributed by atoms with van der Waals surface area (Å²) >= 11 is 15.0. The van der Waals surface area contributed by atoms with Crippen LogP contribution in [0, 0.1) is 0 Å². The van der Waals surface area contributed by atoms with Crippen molar-refractivity contribution in [2.75, 3.05) is 0 Å². The van der Waals surface area contributed by atoms with Crippen molar-refractivity contribution in [3.8, 4) is 5.75 Å². The van der Waals surface area contributed by atoms with Crippen molar-refractivity contribution >= 4 is 51.4 Å². The van der Waals surface area contributed by atoms with Gasteiger partial charge in [-0.3, -0.25) is 4.79 Å². The van der Waals surface area contributed by atoms with Gasteiger partial charge in [-0.1, -0.05) is 23.2 Å². The number of hydrogen-bond donors (Lipinski definition) is 0. The lowest BCUT2D eigenvalue weighted by atomic mass is 10.2. The van der Waals surface area contributed by atoms with Gasteiger partial charge in [0.15, 0.2) is 0 Å². The summed E-state index contributed by atoms with van der Waals surface area (Å²) in [4.78, 5) is 22.7. The van der Waals surface area contributed by atoms with E-state index in [1.54, 1.807) is 18.2 Å². The second-order valence-corrected chi connectivity index (χ2v) is 5.52. The summed E-state index contributed by atoms with van der Waals surface area (Å²) in [6, 6.07) is 9.14. The summed E-state index contributed by atoms with van der Waals surface area (Å²) in [6.07, 6.45) is 0.699. The van der Waals surface area contributed by atoms with E-state index >= 15 is 0 Å². The third-order valence-corrected chi connectivity index (χ3v) is 3.63. The number of carbonyl (C=O) groups excluding carboxylic acids is 2. The van der Waals surface area contributed by atoms with Gasteiger partial charge in [0.05, 0.1) is 15.1 Å². The third kappa shape index (κ3) is 3.39. The average molecular weight is 374 g/mol. The molecule has 0 saturated heterocycles. The van der Waals surface area contributed by atoms with Gasteiger partial charge < -0.3 is 4.74 Å². The molecule has 6 heteroatoms. The molecular formula is C14H7BrCl2O3. The third-order valence-electron chi connectivity index (χ3n) is 2.44. The molecular weight excluding hydrogens is 367 g/mol. The first-order valence-electron chi connectivity index (χ1n) is 5.43. The Morgan fingerprint density at radius 1 is 1.15 bits per heavy atom. The van der Waals surface area contributed by atoms with Crippen LogP contribution >= 0.6 is 39.1 Å². The van der Waals surface area contributed by atoms with Crippen LogP contribution in [0.2, 0.25) is 10.0 Å². The molecule has 0 aromatic heterocycles. The number of rotatable bonds is 3. The van der Waals surface area contributed by atoms with Crippen LogP contribution in [0.1, 0.15) is 20.7 Å². The van der Waals surface area contributed by atoms with E-state index in [1.807, 2.05) is 0 Å². The molecule has 2 rings (SSSR count). The Labute approximate surface area is 133 Å². The molecule has 0 atom stereocenters. The van der Waals surface area contributed by atoms with Gasteiger partial charge in [-0.15, -0.1) is 0 Å². The van der Waals surface area contributed by atoms with Crippen LogP contribution in [-0.2, 0) is 0 Å². The number of hydrogen-bond acceptors (Lipinski definition) is 3. The number of carbonyl (C=O) groups is 2. The topological polar surface area (TPSA) is 43.4 Å². The normalized spacial score (nSPS) is 10.2. The highest BCUT2D eigenvalue weighted by atomic mass is 79.9. The smallest absolute Gasteiger partial charge is 0.345 e. The maximum Gasteiger partial charge on any atom is 0.345 e. The van der Waals surface area contributed by atoms with Crippen LogP contribution in [0.15, 0.2) is 40.9 Å². The predicted molar refractivity (Wildman–Crippen MR) is 81.0 cm³/mol. The molecule has 2 aromatic rings. The first-order valence-corrected chi connectivity index (χ1v) is 6.98. The lowest BCUT2D eigenvalue weighted by molar-refractivity contribution is 0.0733. The molecule has 0 aliphatic rings. The number of benzene rings is 2. The molecule has 0 aliphatic heterocycles. The lowest BCUT2D eigenvalue weighted by Crippen LogP contribution is -2.09. The van der Waals surface area contributed by atoms with Crippen molar-refractivity contribution in [2.24, 2.45) is 0 Å². The van der Waals surface area contributed by atoms with Crippen LogP contribution < -0.4 is 4.74 Å². The summed E-state index contributed by atoms with van der Waals surface area (Å²) in [5, 5.41) is 0.636. The van der Waals surface area contributed by atoms with Gasteiger partial charge >= 0.3 is 5.97 Å². The molecule has 0 fully saturated rings. The van der Waals surface area contributed by atoms with Gasteiger partial charge in [0, 0.05) is 10.6 Å². The van der Waals surface area contributed by atoms with Crippen LogP contribution in [-0.4, -0.2) is 12.3 Å². The Balaban J connectivity index is 2.28. The zero-order chi connectivity index (χ0) is 14.7. The van der Waals surface area contributed by atoms with E-state index in [0.717, 1.165) is 0 Å². The molecule has 0 amide bonds. The van der Waals surface area contributed by atoms with E-state index in [0.29, 0.717) is 21.3 Å². The fourth-order valence-corrected chi connectivity index (χ4v) is 2.33. The molecule has 0 N–H and O–H groups in total. The van der Waals surface area contributed by atoms with E-state index < -0.39 is 5.97 Å². The monoisotopic (exact) mass is 372 g/mol. The molecule has 0 aliphatic carbocycles. The van der Waals surface area contributed by atoms with Gasteiger partial charge in [-0.05, 0) is 52.3 Å². The van der Waals surface area contributed by atoms with Gasteiger partial charge in [0.25, 0.3) is 0 Å². The number of aldehydes is 1. The van der Waals surface area contributed by atoms with Gasteiger partial charge in [0.2, 0.25) is 0 Å². The molecule has 20 heavy (non-hydrogen) atoms. The minimum absolute atomic E-state index is 0.172. The Hall–Kier alpha value is -1.36. The Kier molecular flexibility index (Phi) is 4.81. The molecule has 0 saturated carbocycles. The fraction of sp³-hybridized carbons (Fsp3) is 0. The Morgan fingerprint density at radius 2 is 1.90 bits per heavy atom. The van der Waals surface area contributed by atoms with Gasteiger partial charge in [-0.2, -0.15) is 0 Å². The van der Waals surface area contributed by atoms with Gasteiger partial charge in [0.1, 0.15) is 12.0 Å². The number of ether oxygens (including phenoxy) is 1. The molecule has 2 aromatic carbocycles. The van der Waals surface area contributed by atoms with Crippen LogP contribution in [0.3, 0.4) is 0 Å². The second-order valence-electron chi connectivity index (χ2n) is 3.82. The minimum atomic E-state index is -0.628. The predicted octanol–water partition coefficient (Wildman–Crippen LogP) is 4.79. The lowest BCUT2D eigenvalue weighted by Gasteiger charge is -2.08. The van der Waals surface area contributed by atoms with Crippen LogP contribution in [0.5, 0.6) is 5.75 Å². The zero-order valence-corrected chi connectivity index (χ0v) is 13.0. The molecule has 3 nitrogen and oxygen atoms in total. The summed E-state index contributed by atoms with van der Waals surface area (Å²) in [6.45, 7) is 0. The zero-order valence-electron chi connectivity index (χ0n) is 9.90. The highest BCUT2D eigenvalue weighted by Crippen LogP contribution is 2.28. The fourth-order valence-electron chi connectivity index (χ4n) is 1.48. The van der Waals surface area contributed by atoms with Crippen molar-refractivity contribution < 1.29 is 14.3 Å². The van der Waals surface area contributed by atoms with Gasteiger partial charge in [-0.25, -0.2) is 4.79 Å². The molecule has 0 bridgehead atoms. The van der Waals surface area contributed by atoms with Crippen molar-refractivity contribution in [1.29, 1.82) is 0 Å². The Morgan fingerprint density at radius 3 is 2.55 bits per heavy atom. The van der Waals surface area contributed by atoms with Crippen molar-refractivity contribution in [2.45, 2.75) is 0 Å². The van der Waals surface area contributed by atoms with Crippen LogP contribution in [0.4, 0.5) is 0 Å². The van der Waals surface area contributed by atoms with Crippen molar-refractivity contribution in [1.82, 2.24) is 0 Å². The molecule has 0 radical (unpaired) electrons. The summed E-state index contributed by atoms with van der Waals surface area (Å²) in [5.41, 5.74) is 0.642. The number of halogens is 3. The molecule has 0 unspecified atom stereocenters. The largest absolute Gasteiger partial charge is 0.422 e. The Bertz CT molecular complexity index is 686. The first-order chi connectivity index (χ1) is 9.51. The summed E-state index contributed by atoms with van der Waals surface area (Å²) < 4.78 is 5.72. The SMILES string of the molecule is O=Cc1ccc(OC(=O)c2cc(Cl)ccc2Cl)c(Br)c1. The van der Waals surface area contributed by atoms with E-state index in [1.165, 1.54) is 18.2 Å². The quantitative estimate of drug-likeness (QED) is 0.441. The summed E-state index contributed by atoms with van der Waals surface area (Å²) in [7, 11) is 0. The van der Waals surface area contributed by atoms with E-state index in [2.05, 4.69) is 15.9 Å². The standard InChI is InChI=1S/C14H7BrCl2O3/c15-11-5-8(7-18)1-4-13(11)20-14(19)10-6-9(16)2-3-12(10)17/h1-7H. The molecule has 102 valence electrons. The number of esters is 1. The highest BCUT2D eigenvalue weighted by Gasteiger charge is 2.15. The van der Waals surface area contributed by atoms with E-state index in [4.69, 9.17) is 27.9 Å². The van der Waals surface area contributed by atoms with E-state index in [-0.39, 0.29) is 16.3 Å². The molecule has 0 heterocycles. The second kappa shape index (κ2) is 6.39. The molecule has 0 spiro atoms. The van der Waals surface area contributed by atoms with Crippen LogP contribution in [0.25, 0.3) is 0 Å². The van der Waals surface area contributed by atoms with Crippen molar-refractivity contribution in [3.05, 3.63) is 62.0 Å². The minimum Gasteiger partial charge on any atom is -0.422 e. The first kappa shape index (κ1) is 15.0. The van der Waals surface area contributed by atoms with E-state index in [9.17, 15) is 9.59 Å². The maximum atomic E-state index is 12.0. The average Bonchev–Trinajstić information content (AvgIpc) is 2.43. The maximum absolute atomic E-state index is 12.0. The van der Waals surface area contributed by atoms with Crippen molar-refractivity contribution in [3.63, 3.8) is 0 Å².